The summed E-state index contributed by atoms with van der Waals surface area (Å²) < 4.78 is 13.7. The molecule has 2 rings (SSSR count). The zero-order chi connectivity index (χ0) is 13.9. The van der Waals surface area contributed by atoms with E-state index in [4.69, 9.17) is 5.73 Å². The van der Waals surface area contributed by atoms with Crippen LogP contribution in [0, 0.1) is 5.82 Å². The lowest BCUT2D eigenvalue weighted by atomic mass is 9.82. The number of nitrogens with two attached hydrogens (primary N) is 1. The Morgan fingerprint density at radius 1 is 1.35 bits per heavy atom. The Balaban J connectivity index is 0.00000200. The SMILES string of the molecule is Cl.NC1(CNC(=O)c2ccc(Br)c(F)c2)CCCCC1. The minimum Gasteiger partial charge on any atom is -0.350 e. The number of rotatable bonds is 3. The Labute approximate surface area is 133 Å². The van der Waals surface area contributed by atoms with Crippen molar-refractivity contribution in [3.63, 3.8) is 0 Å². The van der Waals surface area contributed by atoms with E-state index >= 15 is 0 Å². The zero-order valence-corrected chi connectivity index (χ0v) is 13.5. The molecule has 1 saturated carbocycles. The second kappa shape index (κ2) is 7.38. The van der Waals surface area contributed by atoms with Gasteiger partial charge in [0.2, 0.25) is 0 Å². The number of hydrogen-bond acceptors (Lipinski definition) is 2. The highest BCUT2D eigenvalue weighted by Crippen LogP contribution is 2.25. The third-order valence-electron chi connectivity index (χ3n) is 3.63. The van der Waals surface area contributed by atoms with Crippen LogP contribution in [0.2, 0.25) is 0 Å². The lowest BCUT2D eigenvalue weighted by molar-refractivity contribution is 0.0937. The molecule has 112 valence electrons. The van der Waals surface area contributed by atoms with E-state index in [1.165, 1.54) is 18.6 Å². The van der Waals surface area contributed by atoms with Crippen LogP contribution >= 0.6 is 28.3 Å². The van der Waals surface area contributed by atoms with Crippen molar-refractivity contribution in [1.82, 2.24) is 5.32 Å². The van der Waals surface area contributed by atoms with E-state index in [2.05, 4.69) is 21.2 Å². The van der Waals surface area contributed by atoms with E-state index in [-0.39, 0.29) is 23.9 Å². The van der Waals surface area contributed by atoms with Crippen LogP contribution in [-0.2, 0) is 0 Å². The molecule has 1 aliphatic rings. The topological polar surface area (TPSA) is 55.1 Å². The minimum absolute atomic E-state index is 0. The average molecular weight is 366 g/mol. The van der Waals surface area contributed by atoms with E-state index in [0.717, 1.165) is 25.7 Å². The van der Waals surface area contributed by atoms with E-state index in [0.29, 0.717) is 16.6 Å². The van der Waals surface area contributed by atoms with Crippen LogP contribution in [0.25, 0.3) is 0 Å². The summed E-state index contributed by atoms with van der Waals surface area (Å²) in [6, 6.07) is 4.35. The molecule has 0 radical (unpaired) electrons. The summed E-state index contributed by atoms with van der Waals surface area (Å²) in [5.74, 6) is -0.713. The molecule has 1 fully saturated rings. The summed E-state index contributed by atoms with van der Waals surface area (Å²) in [6.45, 7) is 0.448. The molecule has 1 amide bonds. The molecule has 0 bridgehead atoms. The lowest BCUT2D eigenvalue weighted by Crippen LogP contribution is -2.51. The van der Waals surface area contributed by atoms with Crippen LogP contribution < -0.4 is 11.1 Å². The summed E-state index contributed by atoms with van der Waals surface area (Å²) in [5, 5.41) is 2.81. The Hall–Kier alpha value is -0.650. The molecule has 1 aromatic rings. The van der Waals surface area contributed by atoms with Gasteiger partial charge >= 0.3 is 0 Å². The maximum atomic E-state index is 13.4. The Morgan fingerprint density at radius 2 is 2.00 bits per heavy atom. The van der Waals surface area contributed by atoms with Gasteiger partial charge in [-0.2, -0.15) is 0 Å². The molecule has 0 atom stereocenters. The number of halogens is 3. The second-order valence-corrected chi connectivity index (χ2v) is 6.09. The van der Waals surface area contributed by atoms with Gasteiger partial charge in [0, 0.05) is 17.6 Å². The molecule has 0 unspecified atom stereocenters. The van der Waals surface area contributed by atoms with Crippen molar-refractivity contribution in [3.05, 3.63) is 34.1 Å². The van der Waals surface area contributed by atoms with Gasteiger partial charge in [0.15, 0.2) is 0 Å². The molecule has 1 aromatic carbocycles. The van der Waals surface area contributed by atoms with Gasteiger partial charge in [-0.1, -0.05) is 19.3 Å². The van der Waals surface area contributed by atoms with Crippen LogP contribution in [0.4, 0.5) is 4.39 Å². The molecule has 3 nitrogen and oxygen atoms in total. The van der Waals surface area contributed by atoms with E-state index in [1.807, 2.05) is 0 Å². The Bertz CT molecular complexity index is 478. The Kier molecular flexibility index (Phi) is 6.43. The van der Waals surface area contributed by atoms with E-state index in [1.54, 1.807) is 6.07 Å². The molecule has 1 aliphatic carbocycles. The monoisotopic (exact) mass is 364 g/mol. The van der Waals surface area contributed by atoms with E-state index in [9.17, 15) is 9.18 Å². The minimum atomic E-state index is -0.437. The van der Waals surface area contributed by atoms with Crippen LogP contribution in [0.1, 0.15) is 42.5 Å². The maximum Gasteiger partial charge on any atom is 0.251 e. The molecule has 0 spiro atoms. The first kappa shape index (κ1) is 17.4. The molecular formula is C14H19BrClFN2O. The molecule has 0 aliphatic heterocycles. The van der Waals surface area contributed by atoms with Crippen molar-refractivity contribution in [2.45, 2.75) is 37.6 Å². The van der Waals surface area contributed by atoms with Crippen molar-refractivity contribution < 1.29 is 9.18 Å². The van der Waals surface area contributed by atoms with Crippen LogP contribution in [0.5, 0.6) is 0 Å². The van der Waals surface area contributed by atoms with Gasteiger partial charge in [0.05, 0.1) is 4.47 Å². The van der Waals surface area contributed by atoms with Crippen molar-refractivity contribution in [2.24, 2.45) is 5.73 Å². The lowest BCUT2D eigenvalue weighted by Gasteiger charge is -2.33. The highest BCUT2D eigenvalue weighted by Gasteiger charge is 2.27. The predicted octanol–water partition coefficient (Wildman–Crippen LogP) is 3.40. The number of carbonyl (C=O) groups is 1. The fraction of sp³-hybridized carbons (Fsp3) is 0.500. The molecule has 3 N–H and O–H groups in total. The first-order chi connectivity index (χ1) is 9.00. The standard InChI is InChI=1S/C14H18BrFN2O.ClH/c15-11-5-4-10(8-12(11)16)13(19)18-9-14(17)6-2-1-3-7-14;/h4-5,8H,1-3,6-7,9,17H2,(H,18,19);1H. The second-order valence-electron chi connectivity index (χ2n) is 5.23. The number of nitrogens with one attached hydrogen (secondary N) is 1. The normalized spacial score (nSPS) is 17.1. The molecule has 0 aromatic heterocycles. The zero-order valence-electron chi connectivity index (χ0n) is 11.1. The van der Waals surface area contributed by atoms with Crippen LogP contribution in [0.3, 0.4) is 0 Å². The molecule has 0 heterocycles. The average Bonchev–Trinajstić information content (AvgIpc) is 2.40. The number of amides is 1. The fourth-order valence-corrected chi connectivity index (χ4v) is 2.68. The first-order valence-corrected chi connectivity index (χ1v) is 7.32. The molecule has 6 heteroatoms. The fourth-order valence-electron chi connectivity index (χ4n) is 2.43. The Morgan fingerprint density at radius 3 is 2.60 bits per heavy atom. The van der Waals surface area contributed by atoms with Gasteiger partial charge in [0.25, 0.3) is 5.91 Å². The third kappa shape index (κ3) is 4.43. The highest BCUT2D eigenvalue weighted by molar-refractivity contribution is 9.10. The first-order valence-electron chi connectivity index (χ1n) is 6.52. The summed E-state index contributed by atoms with van der Waals surface area (Å²) in [6.07, 6.45) is 5.30. The summed E-state index contributed by atoms with van der Waals surface area (Å²) in [7, 11) is 0. The summed E-state index contributed by atoms with van der Waals surface area (Å²) >= 11 is 3.06. The molecule has 20 heavy (non-hydrogen) atoms. The number of hydrogen-bond donors (Lipinski definition) is 2. The third-order valence-corrected chi connectivity index (χ3v) is 4.28. The van der Waals surface area contributed by atoms with Crippen molar-refractivity contribution in [3.8, 4) is 0 Å². The predicted molar refractivity (Wildman–Crippen MR) is 83.7 cm³/mol. The maximum absolute atomic E-state index is 13.4. The molecule has 0 saturated heterocycles. The van der Waals surface area contributed by atoms with Crippen molar-refractivity contribution in [1.29, 1.82) is 0 Å². The van der Waals surface area contributed by atoms with E-state index < -0.39 is 5.82 Å². The summed E-state index contributed by atoms with van der Waals surface area (Å²) in [4.78, 5) is 11.9. The largest absolute Gasteiger partial charge is 0.350 e. The highest BCUT2D eigenvalue weighted by atomic mass is 79.9. The summed E-state index contributed by atoms with van der Waals surface area (Å²) in [5.41, 5.74) is 6.26. The smallest absolute Gasteiger partial charge is 0.251 e. The molecular weight excluding hydrogens is 347 g/mol. The van der Waals surface area contributed by atoms with Gasteiger partial charge in [-0.3, -0.25) is 4.79 Å². The quantitative estimate of drug-likeness (QED) is 0.862. The van der Waals surface area contributed by atoms with Gasteiger partial charge in [-0.15, -0.1) is 12.4 Å². The number of benzene rings is 1. The van der Waals surface area contributed by atoms with Crippen molar-refractivity contribution in [2.75, 3.05) is 6.54 Å². The van der Waals surface area contributed by atoms with Crippen LogP contribution in [0.15, 0.2) is 22.7 Å². The number of carbonyl (C=O) groups excluding carboxylic acids is 1. The van der Waals surface area contributed by atoms with Gasteiger partial charge in [-0.05, 0) is 47.0 Å². The van der Waals surface area contributed by atoms with Gasteiger partial charge in [-0.25, -0.2) is 4.39 Å². The van der Waals surface area contributed by atoms with Crippen molar-refractivity contribution >= 4 is 34.2 Å². The van der Waals surface area contributed by atoms with Gasteiger partial charge < -0.3 is 11.1 Å². The van der Waals surface area contributed by atoms with Crippen LogP contribution in [-0.4, -0.2) is 18.0 Å². The van der Waals surface area contributed by atoms with Gasteiger partial charge in [0.1, 0.15) is 5.82 Å².